The van der Waals surface area contributed by atoms with E-state index >= 15 is 0 Å². The van der Waals surface area contributed by atoms with E-state index in [2.05, 4.69) is 9.88 Å². The van der Waals surface area contributed by atoms with E-state index in [1.54, 1.807) is 0 Å². The largest absolute Gasteiger partial charge is 0.465 e. The molecule has 1 atom stereocenters. The van der Waals surface area contributed by atoms with Gasteiger partial charge < -0.3 is 14.1 Å². The van der Waals surface area contributed by atoms with Crippen LogP contribution in [0.25, 0.3) is 0 Å². The highest BCUT2D eigenvalue weighted by Gasteiger charge is 2.28. The van der Waals surface area contributed by atoms with E-state index < -0.39 is 0 Å². The Hall–Kier alpha value is -1.59. The van der Waals surface area contributed by atoms with Gasteiger partial charge in [-0.1, -0.05) is 0 Å². The van der Waals surface area contributed by atoms with Crippen LogP contribution in [0.2, 0.25) is 0 Å². The molecule has 0 unspecified atom stereocenters. The first kappa shape index (κ1) is 12.4. The quantitative estimate of drug-likeness (QED) is 0.903. The fraction of sp³-hybridized carbons (Fsp3) is 0.500. The topological polar surface area (TPSA) is 54.4 Å². The van der Waals surface area contributed by atoms with Gasteiger partial charge in [0, 0.05) is 31.7 Å². The minimum absolute atomic E-state index is 0.133. The second-order valence-electron chi connectivity index (χ2n) is 5.21. The monoisotopic (exact) mass is 261 g/mol. The van der Waals surface area contributed by atoms with Crippen molar-refractivity contribution in [2.45, 2.75) is 32.5 Å². The molecule has 102 valence electrons. The molecule has 2 aromatic rings. The Labute approximate surface area is 112 Å². The lowest BCUT2D eigenvalue weighted by Gasteiger charge is -2.33. The van der Waals surface area contributed by atoms with Crippen LogP contribution in [0.5, 0.6) is 0 Å². The molecule has 5 heteroatoms. The summed E-state index contributed by atoms with van der Waals surface area (Å²) in [6.45, 7) is 3.58. The molecule has 0 amide bonds. The zero-order chi connectivity index (χ0) is 13.4. The van der Waals surface area contributed by atoms with Gasteiger partial charge >= 0.3 is 0 Å². The lowest BCUT2D eigenvalue weighted by molar-refractivity contribution is 0.0900. The lowest BCUT2D eigenvalue weighted by Crippen LogP contribution is -2.42. The SMILES string of the molecule is Cc1ccc(CN2Cc3ncn(C)c3C[C@@H]2CO)o1. The molecule has 0 aromatic carbocycles. The second kappa shape index (κ2) is 4.83. The first-order valence-electron chi connectivity index (χ1n) is 6.56. The third-order valence-electron chi connectivity index (χ3n) is 3.81. The Balaban J connectivity index is 1.81. The number of hydrogen-bond donors (Lipinski definition) is 1. The fourth-order valence-electron chi connectivity index (χ4n) is 2.71. The summed E-state index contributed by atoms with van der Waals surface area (Å²) in [6, 6.07) is 4.10. The number of imidazole rings is 1. The number of aryl methyl sites for hydroxylation is 2. The highest BCUT2D eigenvalue weighted by molar-refractivity contribution is 5.18. The summed E-state index contributed by atoms with van der Waals surface area (Å²) < 4.78 is 7.67. The highest BCUT2D eigenvalue weighted by atomic mass is 16.3. The van der Waals surface area contributed by atoms with Gasteiger partial charge in [0.15, 0.2) is 0 Å². The molecular weight excluding hydrogens is 242 g/mol. The van der Waals surface area contributed by atoms with Crippen molar-refractivity contribution in [2.24, 2.45) is 7.05 Å². The van der Waals surface area contributed by atoms with Crippen LogP contribution in [-0.2, 0) is 26.6 Å². The van der Waals surface area contributed by atoms with Gasteiger partial charge in [-0.3, -0.25) is 4.90 Å². The van der Waals surface area contributed by atoms with Gasteiger partial charge in [0.1, 0.15) is 11.5 Å². The first-order chi connectivity index (χ1) is 9.17. The zero-order valence-corrected chi connectivity index (χ0v) is 11.3. The van der Waals surface area contributed by atoms with Crippen molar-refractivity contribution in [3.63, 3.8) is 0 Å². The van der Waals surface area contributed by atoms with E-state index in [4.69, 9.17) is 4.42 Å². The highest BCUT2D eigenvalue weighted by Crippen LogP contribution is 2.24. The number of furan rings is 1. The molecule has 0 aliphatic carbocycles. The maximum atomic E-state index is 9.60. The van der Waals surface area contributed by atoms with Crippen molar-refractivity contribution in [1.29, 1.82) is 0 Å². The van der Waals surface area contributed by atoms with Crippen LogP contribution in [0.4, 0.5) is 0 Å². The lowest BCUT2D eigenvalue weighted by atomic mass is 10.0. The summed E-state index contributed by atoms with van der Waals surface area (Å²) in [7, 11) is 2.01. The van der Waals surface area contributed by atoms with Gasteiger partial charge in [-0.05, 0) is 19.1 Å². The number of fused-ring (bicyclic) bond motifs is 1. The predicted molar refractivity (Wildman–Crippen MR) is 70.5 cm³/mol. The molecule has 0 saturated heterocycles. The van der Waals surface area contributed by atoms with Crippen LogP contribution >= 0.6 is 0 Å². The Morgan fingerprint density at radius 3 is 3.00 bits per heavy atom. The van der Waals surface area contributed by atoms with Crippen molar-refractivity contribution in [2.75, 3.05) is 6.61 Å². The molecule has 0 bridgehead atoms. The van der Waals surface area contributed by atoms with Gasteiger partial charge in [-0.15, -0.1) is 0 Å². The molecule has 2 aromatic heterocycles. The maximum Gasteiger partial charge on any atom is 0.118 e. The van der Waals surface area contributed by atoms with Gasteiger partial charge in [-0.25, -0.2) is 4.98 Å². The van der Waals surface area contributed by atoms with Crippen LogP contribution in [0.15, 0.2) is 22.9 Å². The molecule has 0 saturated carbocycles. The van der Waals surface area contributed by atoms with Gasteiger partial charge in [0.05, 0.1) is 25.2 Å². The second-order valence-corrected chi connectivity index (χ2v) is 5.21. The number of aromatic nitrogens is 2. The molecule has 3 rings (SSSR count). The average Bonchev–Trinajstić information content (AvgIpc) is 2.96. The molecular formula is C14H19N3O2. The molecule has 0 spiro atoms. The minimum Gasteiger partial charge on any atom is -0.465 e. The summed E-state index contributed by atoms with van der Waals surface area (Å²) in [5.41, 5.74) is 2.33. The van der Waals surface area contributed by atoms with Crippen LogP contribution in [0.3, 0.4) is 0 Å². The first-order valence-corrected chi connectivity index (χ1v) is 6.56. The van der Waals surface area contributed by atoms with Crippen LogP contribution in [0, 0.1) is 6.92 Å². The molecule has 1 N–H and O–H groups in total. The van der Waals surface area contributed by atoms with E-state index in [1.807, 2.05) is 37.0 Å². The number of aliphatic hydroxyl groups excluding tert-OH is 1. The summed E-state index contributed by atoms with van der Waals surface area (Å²) in [5, 5.41) is 9.60. The fourth-order valence-corrected chi connectivity index (χ4v) is 2.71. The van der Waals surface area contributed by atoms with E-state index in [0.717, 1.165) is 36.7 Å². The molecule has 1 aliphatic heterocycles. The predicted octanol–water partition coefficient (Wildman–Crippen LogP) is 1.24. The number of rotatable bonds is 3. The third kappa shape index (κ3) is 2.31. The van der Waals surface area contributed by atoms with Crippen molar-refractivity contribution < 1.29 is 9.52 Å². The van der Waals surface area contributed by atoms with Gasteiger partial charge in [0.2, 0.25) is 0 Å². The summed E-state index contributed by atoms with van der Waals surface area (Å²) in [5.74, 6) is 1.86. The maximum absolute atomic E-state index is 9.60. The Morgan fingerprint density at radius 1 is 1.47 bits per heavy atom. The van der Waals surface area contributed by atoms with Crippen LogP contribution < -0.4 is 0 Å². The standard InChI is InChI=1S/C14H19N3O2/c1-10-3-4-12(19-10)6-17-7-13-14(5-11(17)8-18)16(2)9-15-13/h3-4,9,11,18H,5-8H2,1-2H3/t11-/m1/s1. The van der Waals surface area contributed by atoms with E-state index in [0.29, 0.717) is 0 Å². The molecule has 1 aliphatic rings. The Kier molecular flexibility index (Phi) is 3.16. The number of aliphatic hydroxyl groups is 1. The van der Waals surface area contributed by atoms with Gasteiger partial charge in [-0.2, -0.15) is 0 Å². The molecule has 5 nitrogen and oxygen atoms in total. The third-order valence-corrected chi connectivity index (χ3v) is 3.81. The number of nitrogens with zero attached hydrogens (tertiary/aromatic N) is 3. The van der Waals surface area contributed by atoms with Gasteiger partial charge in [0.25, 0.3) is 0 Å². The summed E-state index contributed by atoms with van der Waals surface area (Å²) >= 11 is 0. The normalized spacial score (nSPS) is 19.6. The van der Waals surface area contributed by atoms with Crippen LogP contribution in [0.1, 0.15) is 22.9 Å². The number of hydrogen-bond acceptors (Lipinski definition) is 4. The van der Waals surface area contributed by atoms with E-state index in [9.17, 15) is 5.11 Å². The molecule has 0 radical (unpaired) electrons. The van der Waals surface area contributed by atoms with Crippen LogP contribution in [-0.4, -0.2) is 32.2 Å². The van der Waals surface area contributed by atoms with Crippen molar-refractivity contribution in [3.05, 3.63) is 41.4 Å². The summed E-state index contributed by atoms with van der Waals surface area (Å²) in [6.07, 6.45) is 2.68. The van der Waals surface area contributed by atoms with Crippen molar-refractivity contribution in [1.82, 2.24) is 14.5 Å². The minimum atomic E-state index is 0.133. The van der Waals surface area contributed by atoms with E-state index in [1.165, 1.54) is 5.69 Å². The summed E-state index contributed by atoms with van der Waals surface area (Å²) in [4.78, 5) is 6.66. The van der Waals surface area contributed by atoms with E-state index in [-0.39, 0.29) is 12.6 Å². The molecule has 0 fully saturated rings. The average molecular weight is 261 g/mol. The molecule has 3 heterocycles. The zero-order valence-electron chi connectivity index (χ0n) is 11.3. The Morgan fingerprint density at radius 2 is 2.32 bits per heavy atom. The molecule has 19 heavy (non-hydrogen) atoms. The van der Waals surface area contributed by atoms with Crippen molar-refractivity contribution in [3.8, 4) is 0 Å². The Bertz CT molecular complexity index is 573. The van der Waals surface area contributed by atoms with Crippen molar-refractivity contribution >= 4 is 0 Å². The smallest absolute Gasteiger partial charge is 0.118 e.